The monoisotopic (exact) mass is 563 g/mol. The topological polar surface area (TPSA) is 164 Å². The number of amides is 2. The van der Waals surface area contributed by atoms with E-state index in [4.69, 9.17) is 5.73 Å². The highest BCUT2D eigenvalue weighted by atomic mass is 32.2. The molecule has 2 amide bonds. The molecule has 204 valence electrons. The number of nitrogens with one attached hydrogen (secondary N) is 3. The smallest absolute Gasteiger partial charge is 0.251 e. The van der Waals surface area contributed by atoms with Gasteiger partial charge in [-0.25, -0.2) is 17.8 Å². The van der Waals surface area contributed by atoms with Gasteiger partial charge in [0.1, 0.15) is 26.5 Å². The SMILES string of the molecule is CC(C)(O)c1ccc(-c2cc(C(N)=O)c(Nc3cccc(CNCC(=O)NCCS(C)(=O)=O)n3)s2)c(F)c1. The first-order valence-corrected chi connectivity index (χ1v) is 14.4. The van der Waals surface area contributed by atoms with Gasteiger partial charge in [0.05, 0.1) is 29.2 Å². The molecule has 38 heavy (non-hydrogen) atoms. The minimum Gasteiger partial charge on any atom is -0.386 e. The van der Waals surface area contributed by atoms with Crippen LogP contribution in [0.25, 0.3) is 10.4 Å². The van der Waals surface area contributed by atoms with E-state index in [1.807, 2.05) is 0 Å². The third-order valence-electron chi connectivity index (χ3n) is 5.37. The Labute approximate surface area is 224 Å². The number of sulfone groups is 1. The number of primary amides is 1. The molecule has 0 radical (unpaired) electrons. The van der Waals surface area contributed by atoms with Gasteiger partial charge in [-0.2, -0.15) is 0 Å². The van der Waals surface area contributed by atoms with E-state index in [0.29, 0.717) is 27.0 Å². The van der Waals surface area contributed by atoms with Gasteiger partial charge in [0, 0.05) is 29.8 Å². The molecule has 0 fully saturated rings. The van der Waals surface area contributed by atoms with Crippen molar-refractivity contribution >= 4 is 43.8 Å². The van der Waals surface area contributed by atoms with Crippen LogP contribution < -0.4 is 21.7 Å². The second-order valence-corrected chi connectivity index (χ2v) is 12.5. The molecule has 1 aromatic carbocycles. The lowest BCUT2D eigenvalue weighted by Crippen LogP contribution is -2.36. The molecular formula is C25H30FN5O5S2. The Hall–Kier alpha value is -3.39. The van der Waals surface area contributed by atoms with Crippen molar-refractivity contribution in [3.63, 3.8) is 0 Å². The number of pyridine rings is 1. The van der Waals surface area contributed by atoms with Gasteiger partial charge in [-0.05, 0) is 43.7 Å². The van der Waals surface area contributed by atoms with Crippen LogP contribution in [0.1, 0.15) is 35.5 Å². The number of carbonyl (C=O) groups is 2. The molecule has 2 heterocycles. The highest BCUT2D eigenvalue weighted by Crippen LogP contribution is 2.38. The van der Waals surface area contributed by atoms with E-state index in [9.17, 15) is 27.5 Å². The normalized spacial score (nSPS) is 11.8. The molecule has 0 aliphatic carbocycles. The number of hydrogen-bond donors (Lipinski definition) is 5. The Morgan fingerprint density at radius 2 is 1.92 bits per heavy atom. The Balaban J connectivity index is 1.69. The van der Waals surface area contributed by atoms with Crippen LogP contribution in [-0.2, 0) is 26.8 Å². The molecule has 10 nitrogen and oxygen atoms in total. The summed E-state index contributed by atoms with van der Waals surface area (Å²) in [6.07, 6.45) is 1.10. The Bertz CT molecular complexity index is 1430. The molecule has 3 rings (SSSR count). The number of aliphatic hydroxyl groups is 1. The summed E-state index contributed by atoms with van der Waals surface area (Å²) in [4.78, 5) is 28.9. The van der Waals surface area contributed by atoms with Crippen molar-refractivity contribution < 1.29 is 27.5 Å². The van der Waals surface area contributed by atoms with E-state index in [-0.39, 0.29) is 42.4 Å². The van der Waals surface area contributed by atoms with Crippen LogP contribution in [0.2, 0.25) is 0 Å². The Morgan fingerprint density at radius 3 is 2.55 bits per heavy atom. The fraction of sp³-hybridized carbons (Fsp3) is 0.320. The van der Waals surface area contributed by atoms with E-state index in [0.717, 1.165) is 17.6 Å². The van der Waals surface area contributed by atoms with Crippen molar-refractivity contribution in [3.8, 4) is 10.4 Å². The summed E-state index contributed by atoms with van der Waals surface area (Å²) in [5.41, 5.74) is 5.82. The first-order chi connectivity index (χ1) is 17.7. The number of nitrogens with zero attached hydrogens (tertiary/aromatic N) is 1. The van der Waals surface area contributed by atoms with Crippen molar-refractivity contribution in [1.29, 1.82) is 0 Å². The van der Waals surface area contributed by atoms with Crippen LogP contribution >= 0.6 is 11.3 Å². The molecule has 0 aliphatic rings. The zero-order valence-corrected chi connectivity index (χ0v) is 22.8. The number of halogens is 1. The summed E-state index contributed by atoms with van der Waals surface area (Å²) in [5, 5.41) is 19.0. The average Bonchev–Trinajstić information content (AvgIpc) is 3.21. The molecule has 0 atom stereocenters. The van der Waals surface area contributed by atoms with Gasteiger partial charge >= 0.3 is 0 Å². The number of rotatable bonds is 12. The maximum atomic E-state index is 14.9. The van der Waals surface area contributed by atoms with Gasteiger partial charge in [-0.15, -0.1) is 11.3 Å². The van der Waals surface area contributed by atoms with Crippen LogP contribution in [-0.4, -0.2) is 55.4 Å². The largest absolute Gasteiger partial charge is 0.386 e. The van der Waals surface area contributed by atoms with E-state index >= 15 is 0 Å². The summed E-state index contributed by atoms with van der Waals surface area (Å²) >= 11 is 1.13. The molecule has 0 bridgehead atoms. The Morgan fingerprint density at radius 1 is 1.18 bits per heavy atom. The van der Waals surface area contributed by atoms with Crippen LogP contribution in [0.5, 0.6) is 0 Å². The summed E-state index contributed by atoms with van der Waals surface area (Å²) in [7, 11) is -3.15. The zero-order valence-electron chi connectivity index (χ0n) is 21.2. The quantitative estimate of drug-likeness (QED) is 0.224. The third-order valence-corrected chi connectivity index (χ3v) is 7.40. The number of thiophene rings is 1. The van der Waals surface area contributed by atoms with Gasteiger partial charge in [0.2, 0.25) is 5.91 Å². The number of hydrogen-bond acceptors (Lipinski definition) is 9. The number of benzene rings is 1. The Kier molecular flexibility index (Phi) is 9.20. The van der Waals surface area contributed by atoms with E-state index in [1.165, 1.54) is 12.1 Å². The van der Waals surface area contributed by atoms with Gasteiger partial charge < -0.3 is 26.8 Å². The molecular weight excluding hydrogens is 533 g/mol. The number of aromatic nitrogens is 1. The predicted octanol–water partition coefficient (Wildman–Crippen LogP) is 2.27. The zero-order chi connectivity index (χ0) is 28.1. The van der Waals surface area contributed by atoms with Crippen molar-refractivity contribution in [2.24, 2.45) is 5.73 Å². The minimum atomic E-state index is -3.15. The standard InChI is InChI=1S/C25H30FN5O5S2/c1-25(2,34)15-7-8-17(19(26)11-15)20-12-18(23(27)33)24(37-20)31-21-6-4-5-16(30-21)13-28-14-22(32)29-9-10-38(3,35)36/h4-8,11-12,28,34H,9-10,13-14H2,1-3H3,(H2,27,33)(H,29,32)(H,30,31). The lowest BCUT2D eigenvalue weighted by atomic mass is 9.96. The van der Waals surface area contributed by atoms with Crippen LogP contribution in [0.4, 0.5) is 15.2 Å². The lowest BCUT2D eigenvalue weighted by Gasteiger charge is -2.18. The second-order valence-electron chi connectivity index (χ2n) is 9.19. The molecule has 13 heteroatoms. The van der Waals surface area contributed by atoms with Crippen LogP contribution in [0.15, 0.2) is 42.5 Å². The molecule has 3 aromatic rings. The summed E-state index contributed by atoms with van der Waals surface area (Å²) in [6, 6.07) is 11.1. The highest BCUT2D eigenvalue weighted by molar-refractivity contribution is 7.90. The number of nitrogens with two attached hydrogens (primary N) is 1. The third kappa shape index (κ3) is 8.31. The highest BCUT2D eigenvalue weighted by Gasteiger charge is 2.21. The van der Waals surface area contributed by atoms with Gasteiger partial charge in [0.15, 0.2) is 0 Å². The maximum absolute atomic E-state index is 14.9. The molecule has 0 saturated heterocycles. The minimum absolute atomic E-state index is 0.0268. The van der Waals surface area contributed by atoms with E-state index in [1.54, 1.807) is 44.2 Å². The molecule has 0 spiro atoms. The lowest BCUT2D eigenvalue weighted by molar-refractivity contribution is -0.120. The first-order valence-electron chi connectivity index (χ1n) is 11.6. The predicted molar refractivity (Wildman–Crippen MR) is 145 cm³/mol. The van der Waals surface area contributed by atoms with Crippen molar-refractivity contribution in [2.75, 3.05) is 30.4 Å². The summed E-state index contributed by atoms with van der Waals surface area (Å²) in [5.74, 6) is -1.30. The first kappa shape index (κ1) is 29.2. The average molecular weight is 564 g/mol. The van der Waals surface area contributed by atoms with Crippen molar-refractivity contribution in [3.05, 3.63) is 65.1 Å². The van der Waals surface area contributed by atoms with Gasteiger partial charge in [0.25, 0.3) is 5.91 Å². The summed E-state index contributed by atoms with van der Waals surface area (Å²) < 4.78 is 37.1. The van der Waals surface area contributed by atoms with E-state index in [2.05, 4.69) is 20.9 Å². The molecule has 0 unspecified atom stereocenters. The number of carbonyl (C=O) groups excluding carboxylic acids is 2. The van der Waals surface area contributed by atoms with Gasteiger partial charge in [-0.1, -0.05) is 18.2 Å². The second kappa shape index (κ2) is 12.0. The van der Waals surface area contributed by atoms with Crippen LogP contribution in [0.3, 0.4) is 0 Å². The number of anilines is 2. The molecule has 2 aromatic heterocycles. The fourth-order valence-electron chi connectivity index (χ4n) is 3.40. The van der Waals surface area contributed by atoms with Gasteiger partial charge in [-0.3, -0.25) is 9.59 Å². The molecule has 0 saturated carbocycles. The van der Waals surface area contributed by atoms with Crippen LogP contribution in [0, 0.1) is 5.82 Å². The molecule has 6 N–H and O–H groups in total. The van der Waals surface area contributed by atoms with Crippen molar-refractivity contribution in [2.45, 2.75) is 26.0 Å². The fourth-order valence-corrected chi connectivity index (χ4v) is 4.97. The van der Waals surface area contributed by atoms with E-state index < -0.39 is 27.2 Å². The molecule has 0 aliphatic heterocycles. The summed E-state index contributed by atoms with van der Waals surface area (Å²) in [6.45, 7) is 3.39. The maximum Gasteiger partial charge on any atom is 0.251 e. The van der Waals surface area contributed by atoms with Crippen molar-refractivity contribution in [1.82, 2.24) is 15.6 Å².